The number of aromatic nitrogens is 2. The van der Waals surface area contributed by atoms with Crippen LogP contribution in [0.1, 0.15) is 20.8 Å². The summed E-state index contributed by atoms with van der Waals surface area (Å²) in [4.78, 5) is 0. The maximum Gasteiger partial charge on any atom is 0.208 e. The third-order valence-corrected chi connectivity index (χ3v) is 1.64. The van der Waals surface area contributed by atoms with Gasteiger partial charge in [-0.3, -0.25) is 0 Å². The number of ether oxygens (including phenoxy) is 2. The zero-order valence-corrected chi connectivity index (χ0v) is 9.33. The van der Waals surface area contributed by atoms with Crippen molar-refractivity contribution in [3.05, 3.63) is 6.20 Å². The third kappa shape index (κ3) is 2.97. The van der Waals surface area contributed by atoms with Gasteiger partial charge in [0.15, 0.2) is 17.8 Å². The van der Waals surface area contributed by atoms with E-state index in [0.717, 1.165) is 6.54 Å². The molecule has 0 aliphatic carbocycles. The molecule has 15 heavy (non-hydrogen) atoms. The molecule has 1 radical (unpaired) electrons. The first kappa shape index (κ1) is 11.6. The number of hydrogen-bond acceptors (Lipinski definition) is 5. The molecule has 0 bridgehead atoms. The molecule has 1 N–H and O–H groups in total. The second kappa shape index (κ2) is 6.06. The molecular weight excluding hydrogens is 194 g/mol. The molecule has 1 aromatic heterocycles. The molecule has 0 unspecified atom stereocenters. The summed E-state index contributed by atoms with van der Waals surface area (Å²) in [7, 11) is 0. The molecule has 1 heterocycles. The fourth-order valence-corrected chi connectivity index (χ4v) is 1.13. The van der Waals surface area contributed by atoms with Gasteiger partial charge in [-0.05, 0) is 20.8 Å². The van der Waals surface area contributed by atoms with E-state index in [1.54, 1.807) is 0 Å². The number of anilines is 1. The maximum absolute atomic E-state index is 5.45. The van der Waals surface area contributed by atoms with Crippen LogP contribution in [0.3, 0.4) is 0 Å². The predicted molar refractivity (Wildman–Crippen MR) is 57.4 cm³/mol. The van der Waals surface area contributed by atoms with Crippen molar-refractivity contribution >= 4 is 5.82 Å². The Morgan fingerprint density at radius 3 is 2.53 bits per heavy atom. The molecule has 0 aromatic carbocycles. The molecule has 0 fully saturated rings. The quantitative estimate of drug-likeness (QED) is 0.771. The SMILES string of the molecule is CCNc1nn[c]c(OCC)c1OCC. The van der Waals surface area contributed by atoms with E-state index < -0.39 is 0 Å². The van der Waals surface area contributed by atoms with Crippen molar-refractivity contribution in [2.24, 2.45) is 0 Å². The van der Waals surface area contributed by atoms with Crippen molar-refractivity contribution in [2.45, 2.75) is 20.8 Å². The van der Waals surface area contributed by atoms with Gasteiger partial charge in [-0.15, -0.1) is 10.2 Å². The smallest absolute Gasteiger partial charge is 0.208 e. The molecule has 0 saturated carbocycles. The summed E-state index contributed by atoms with van der Waals surface area (Å²) in [5.74, 6) is 1.68. The van der Waals surface area contributed by atoms with Crippen LogP contribution >= 0.6 is 0 Å². The van der Waals surface area contributed by atoms with Crippen molar-refractivity contribution in [2.75, 3.05) is 25.1 Å². The first-order valence-electron chi connectivity index (χ1n) is 5.11. The third-order valence-electron chi connectivity index (χ3n) is 1.64. The van der Waals surface area contributed by atoms with Gasteiger partial charge in [-0.2, -0.15) is 0 Å². The van der Waals surface area contributed by atoms with Crippen LogP contribution in [0.25, 0.3) is 0 Å². The highest BCUT2D eigenvalue weighted by Crippen LogP contribution is 2.31. The van der Waals surface area contributed by atoms with Crippen molar-refractivity contribution in [3.63, 3.8) is 0 Å². The second-order valence-corrected chi connectivity index (χ2v) is 2.72. The minimum Gasteiger partial charge on any atom is -0.488 e. The Labute approximate surface area is 89.8 Å². The summed E-state index contributed by atoms with van der Waals surface area (Å²) < 4.78 is 10.8. The van der Waals surface area contributed by atoms with Crippen LogP contribution in [0, 0.1) is 6.20 Å². The highest BCUT2D eigenvalue weighted by atomic mass is 16.5. The fraction of sp³-hybridized carbons (Fsp3) is 0.600. The predicted octanol–water partition coefficient (Wildman–Crippen LogP) is 1.51. The van der Waals surface area contributed by atoms with Gasteiger partial charge in [0, 0.05) is 6.54 Å². The van der Waals surface area contributed by atoms with E-state index in [0.29, 0.717) is 30.5 Å². The molecule has 0 aliphatic rings. The van der Waals surface area contributed by atoms with Gasteiger partial charge >= 0.3 is 0 Å². The molecule has 1 aromatic rings. The lowest BCUT2D eigenvalue weighted by atomic mass is 10.4. The first-order chi connectivity index (χ1) is 7.33. The Kier molecular flexibility index (Phi) is 4.66. The molecule has 0 saturated heterocycles. The molecule has 5 nitrogen and oxygen atoms in total. The minimum atomic E-state index is 0.505. The number of rotatable bonds is 6. The van der Waals surface area contributed by atoms with E-state index in [1.165, 1.54) is 0 Å². The van der Waals surface area contributed by atoms with Crippen molar-refractivity contribution < 1.29 is 9.47 Å². The molecular formula is C10H16N3O2. The lowest BCUT2D eigenvalue weighted by Crippen LogP contribution is -2.07. The van der Waals surface area contributed by atoms with E-state index >= 15 is 0 Å². The summed E-state index contributed by atoms with van der Waals surface area (Å²) in [5, 5.41) is 10.7. The Morgan fingerprint density at radius 2 is 1.93 bits per heavy atom. The molecule has 5 heteroatoms. The monoisotopic (exact) mass is 210 g/mol. The Balaban J connectivity index is 2.97. The highest BCUT2D eigenvalue weighted by Gasteiger charge is 2.12. The first-order valence-corrected chi connectivity index (χ1v) is 5.11. The average molecular weight is 210 g/mol. The Bertz CT molecular complexity index is 280. The van der Waals surface area contributed by atoms with Crippen LogP contribution in [0.4, 0.5) is 5.82 Å². The summed E-state index contributed by atoms with van der Waals surface area (Å²) in [6.07, 6.45) is 2.67. The summed E-state index contributed by atoms with van der Waals surface area (Å²) in [6, 6.07) is 0. The molecule has 0 atom stereocenters. The van der Waals surface area contributed by atoms with Crippen LogP contribution in [0.2, 0.25) is 0 Å². The van der Waals surface area contributed by atoms with Gasteiger partial charge in [0.2, 0.25) is 5.75 Å². The van der Waals surface area contributed by atoms with Crippen LogP contribution in [0.5, 0.6) is 11.5 Å². The van der Waals surface area contributed by atoms with Crippen LogP contribution in [0.15, 0.2) is 0 Å². The Morgan fingerprint density at radius 1 is 1.20 bits per heavy atom. The van der Waals surface area contributed by atoms with Crippen molar-refractivity contribution in [1.82, 2.24) is 10.2 Å². The standard InChI is InChI=1S/C10H16N3O2/c1-4-11-10-9(15-6-3)8(14-5-2)7-12-13-10/h4-6H2,1-3H3,(H,11,13). The van der Waals surface area contributed by atoms with E-state index in [-0.39, 0.29) is 0 Å². The topological polar surface area (TPSA) is 56.3 Å². The summed E-state index contributed by atoms with van der Waals surface area (Å²) >= 11 is 0. The van der Waals surface area contributed by atoms with E-state index in [4.69, 9.17) is 9.47 Å². The van der Waals surface area contributed by atoms with Gasteiger partial charge in [0.1, 0.15) is 0 Å². The van der Waals surface area contributed by atoms with Gasteiger partial charge in [0.25, 0.3) is 0 Å². The van der Waals surface area contributed by atoms with Crippen LogP contribution in [-0.2, 0) is 0 Å². The average Bonchev–Trinajstić information content (AvgIpc) is 2.23. The van der Waals surface area contributed by atoms with Gasteiger partial charge < -0.3 is 14.8 Å². The second-order valence-electron chi connectivity index (χ2n) is 2.72. The summed E-state index contributed by atoms with van der Waals surface area (Å²) in [6.45, 7) is 7.65. The lowest BCUT2D eigenvalue weighted by Gasteiger charge is -2.12. The fourth-order valence-electron chi connectivity index (χ4n) is 1.13. The minimum absolute atomic E-state index is 0.505. The van der Waals surface area contributed by atoms with Gasteiger partial charge in [0.05, 0.1) is 13.2 Å². The van der Waals surface area contributed by atoms with Gasteiger partial charge in [-0.25, -0.2) is 0 Å². The highest BCUT2D eigenvalue weighted by molar-refractivity contribution is 5.56. The number of nitrogens with zero attached hydrogens (tertiary/aromatic N) is 2. The zero-order chi connectivity index (χ0) is 11.1. The molecule has 83 valence electrons. The summed E-state index contributed by atoms with van der Waals surface area (Å²) in [5.41, 5.74) is 0. The van der Waals surface area contributed by atoms with E-state index in [2.05, 4.69) is 21.7 Å². The van der Waals surface area contributed by atoms with Crippen molar-refractivity contribution in [3.8, 4) is 11.5 Å². The number of nitrogens with one attached hydrogen (secondary N) is 1. The van der Waals surface area contributed by atoms with E-state index in [1.807, 2.05) is 20.8 Å². The van der Waals surface area contributed by atoms with Crippen LogP contribution in [-0.4, -0.2) is 30.0 Å². The largest absolute Gasteiger partial charge is 0.488 e. The van der Waals surface area contributed by atoms with E-state index in [9.17, 15) is 0 Å². The van der Waals surface area contributed by atoms with Crippen molar-refractivity contribution in [1.29, 1.82) is 0 Å². The molecule has 1 rings (SSSR count). The molecule has 0 spiro atoms. The van der Waals surface area contributed by atoms with Crippen LogP contribution < -0.4 is 14.8 Å². The lowest BCUT2D eigenvalue weighted by molar-refractivity contribution is 0.285. The zero-order valence-electron chi connectivity index (χ0n) is 9.33. The normalized spacial score (nSPS) is 9.80. The Hall–Kier alpha value is -1.52. The molecule has 0 amide bonds. The maximum atomic E-state index is 5.45. The number of hydrogen-bond donors (Lipinski definition) is 1. The van der Waals surface area contributed by atoms with Gasteiger partial charge in [-0.1, -0.05) is 0 Å². The molecule has 0 aliphatic heterocycles.